The topological polar surface area (TPSA) is 52.6 Å². The van der Waals surface area contributed by atoms with Crippen molar-refractivity contribution >= 4 is 11.7 Å². The highest BCUT2D eigenvalue weighted by molar-refractivity contribution is 5.93. The molecule has 1 amide bonds. The Balaban J connectivity index is 1.97. The summed E-state index contributed by atoms with van der Waals surface area (Å²) in [6.45, 7) is 12.4. The van der Waals surface area contributed by atoms with Crippen molar-refractivity contribution in [2.75, 3.05) is 50.7 Å². The minimum atomic E-state index is -0.0342. The molecule has 3 rings (SSSR count). The average Bonchev–Trinajstić information content (AvgIpc) is 2.75. The van der Waals surface area contributed by atoms with Crippen LogP contribution in [0.1, 0.15) is 31.3 Å². The van der Waals surface area contributed by atoms with Gasteiger partial charge in [-0.3, -0.25) is 4.79 Å². The fourth-order valence-corrected chi connectivity index (χ4v) is 3.39. The van der Waals surface area contributed by atoms with Crippen LogP contribution in [-0.4, -0.2) is 71.5 Å². The average molecular weight is 367 g/mol. The molecule has 6 heteroatoms. The van der Waals surface area contributed by atoms with Crippen LogP contribution in [-0.2, 0) is 0 Å². The molecule has 27 heavy (non-hydrogen) atoms. The second-order valence-corrected chi connectivity index (χ2v) is 6.70. The van der Waals surface area contributed by atoms with Crippen molar-refractivity contribution in [3.63, 3.8) is 0 Å². The molecule has 0 atom stereocenters. The Hall–Kier alpha value is -2.47. The maximum atomic E-state index is 12.9. The molecule has 0 radical (unpaired) electrons. The third-order valence-corrected chi connectivity index (χ3v) is 5.16. The number of likely N-dealkylation sites (N-methyl/N-ethyl adjacent to an activating group) is 1. The van der Waals surface area contributed by atoms with Crippen LogP contribution in [0.2, 0.25) is 0 Å². The van der Waals surface area contributed by atoms with Gasteiger partial charge < -0.3 is 14.7 Å². The summed E-state index contributed by atoms with van der Waals surface area (Å²) in [6, 6.07) is 11.7. The third kappa shape index (κ3) is 4.45. The van der Waals surface area contributed by atoms with E-state index in [1.807, 2.05) is 50.2 Å². The Morgan fingerprint density at radius 3 is 2.26 bits per heavy atom. The Morgan fingerprint density at radius 1 is 1.00 bits per heavy atom. The van der Waals surface area contributed by atoms with Crippen LogP contribution < -0.4 is 4.90 Å². The van der Waals surface area contributed by atoms with Gasteiger partial charge in [-0.1, -0.05) is 37.3 Å². The number of rotatable bonds is 6. The predicted octanol–water partition coefficient (Wildman–Crippen LogP) is 2.77. The zero-order chi connectivity index (χ0) is 19.2. The summed E-state index contributed by atoms with van der Waals surface area (Å²) in [7, 11) is 0. The summed E-state index contributed by atoms with van der Waals surface area (Å²) in [5.41, 5.74) is 1.40. The molecule has 1 aromatic heterocycles. The van der Waals surface area contributed by atoms with E-state index in [4.69, 9.17) is 4.98 Å². The summed E-state index contributed by atoms with van der Waals surface area (Å²) in [5.74, 6) is 1.42. The summed E-state index contributed by atoms with van der Waals surface area (Å²) >= 11 is 0. The molecule has 0 aliphatic carbocycles. The van der Waals surface area contributed by atoms with Crippen molar-refractivity contribution in [2.45, 2.75) is 20.8 Å². The summed E-state index contributed by atoms with van der Waals surface area (Å²) in [4.78, 5) is 28.8. The van der Waals surface area contributed by atoms with Crippen LogP contribution in [0.25, 0.3) is 11.4 Å². The Kier molecular flexibility index (Phi) is 6.40. The molecule has 0 spiro atoms. The molecule has 1 aliphatic rings. The summed E-state index contributed by atoms with van der Waals surface area (Å²) in [5, 5.41) is 0. The van der Waals surface area contributed by atoms with Crippen LogP contribution in [0.15, 0.2) is 36.4 Å². The van der Waals surface area contributed by atoms with Gasteiger partial charge >= 0.3 is 0 Å². The standard InChI is InChI=1S/C21H29N5O/c1-4-24-12-14-26(15-13-24)19-16-18(21(27)25(5-2)6-3)22-20(23-19)17-10-8-7-9-11-17/h7-11,16H,4-6,12-15H2,1-3H3. The number of nitrogens with zero attached hydrogens (tertiary/aromatic N) is 5. The Bertz CT molecular complexity index is 752. The lowest BCUT2D eigenvalue weighted by molar-refractivity contribution is 0.0767. The molecule has 2 heterocycles. The van der Waals surface area contributed by atoms with Crippen molar-refractivity contribution < 1.29 is 4.79 Å². The zero-order valence-corrected chi connectivity index (χ0v) is 16.6. The van der Waals surface area contributed by atoms with Gasteiger partial charge in [0.15, 0.2) is 5.82 Å². The molecule has 0 N–H and O–H groups in total. The molecule has 6 nitrogen and oxygen atoms in total. The maximum Gasteiger partial charge on any atom is 0.272 e. The van der Waals surface area contributed by atoms with Crippen LogP contribution in [0, 0.1) is 0 Å². The fourth-order valence-electron chi connectivity index (χ4n) is 3.39. The molecule has 1 aromatic carbocycles. The van der Waals surface area contributed by atoms with Gasteiger partial charge in [-0.05, 0) is 20.4 Å². The Morgan fingerprint density at radius 2 is 1.67 bits per heavy atom. The van der Waals surface area contributed by atoms with Gasteiger partial charge in [0.05, 0.1) is 0 Å². The number of piperazine rings is 1. The van der Waals surface area contributed by atoms with E-state index < -0.39 is 0 Å². The lowest BCUT2D eigenvalue weighted by atomic mass is 10.2. The number of aromatic nitrogens is 2. The van der Waals surface area contributed by atoms with E-state index in [2.05, 4.69) is 21.7 Å². The van der Waals surface area contributed by atoms with Gasteiger partial charge in [-0.15, -0.1) is 0 Å². The molecular formula is C21H29N5O. The molecule has 1 fully saturated rings. The monoisotopic (exact) mass is 367 g/mol. The van der Waals surface area contributed by atoms with Crippen LogP contribution in [0.3, 0.4) is 0 Å². The molecule has 1 aliphatic heterocycles. The first-order chi connectivity index (χ1) is 13.2. The number of hydrogen-bond donors (Lipinski definition) is 0. The number of benzene rings is 1. The quantitative estimate of drug-likeness (QED) is 0.786. The zero-order valence-electron chi connectivity index (χ0n) is 16.6. The maximum absolute atomic E-state index is 12.9. The van der Waals surface area contributed by atoms with E-state index in [9.17, 15) is 4.79 Å². The largest absolute Gasteiger partial charge is 0.354 e. The summed E-state index contributed by atoms with van der Waals surface area (Å²) < 4.78 is 0. The second kappa shape index (κ2) is 8.95. The number of carbonyl (C=O) groups is 1. The predicted molar refractivity (Wildman–Crippen MR) is 109 cm³/mol. The van der Waals surface area contributed by atoms with Crippen molar-refractivity contribution in [2.24, 2.45) is 0 Å². The number of carbonyl (C=O) groups excluding carboxylic acids is 1. The minimum Gasteiger partial charge on any atom is -0.354 e. The van der Waals surface area contributed by atoms with E-state index in [0.29, 0.717) is 24.6 Å². The van der Waals surface area contributed by atoms with Gasteiger partial charge in [0.1, 0.15) is 11.5 Å². The lowest BCUT2D eigenvalue weighted by Crippen LogP contribution is -2.46. The van der Waals surface area contributed by atoms with Gasteiger partial charge in [0.25, 0.3) is 5.91 Å². The first-order valence-electron chi connectivity index (χ1n) is 9.87. The van der Waals surface area contributed by atoms with Crippen LogP contribution in [0.4, 0.5) is 5.82 Å². The van der Waals surface area contributed by atoms with E-state index in [-0.39, 0.29) is 5.91 Å². The third-order valence-electron chi connectivity index (χ3n) is 5.16. The highest BCUT2D eigenvalue weighted by Gasteiger charge is 2.22. The Labute approximate surface area is 161 Å². The fraction of sp³-hybridized carbons (Fsp3) is 0.476. The molecule has 2 aromatic rings. The van der Waals surface area contributed by atoms with Crippen molar-refractivity contribution in [3.8, 4) is 11.4 Å². The normalized spacial score (nSPS) is 15.0. The highest BCUT2D eigenvalue weighted by Crippen LogP contribution is 2.22. The van der Waals surface area contributed by atoms with Crippen molar-refractivity contribution in [3.05, 3.63) is 42.1 Å². The summed E-state index contributed by atoms with van der Waals surface area (Å²) in [6.07, 6.45) is 0. The van der Waals surface area contributed by atoms with E-state index in [1.54, 1.807) is 4.90 Å². The number of anilines is 1. The molecule has 0 bridgehead atoms. The molecule has 0 unspecified atom stereocenters. The number of hydrogen-bond acceptors (Lipinski definition) is 5. The molecular weight excluding hydrogens is 338 g/mol. The van der Waals surface area contributed by atoms with Crippen LogP contribution in [0.5, 0.6) is 0 Å². The first kappa shape index (κ1) is 19.3. The van der Waals surface area contributed by atoms with Gasteiger partial charge in [-0.25, -0.2) is 9.97 Å². The molecule has 144 valence electrons. The van der Waals surface area contributed by atoms with E-state index in [0.717, 1.165) is 44.1 Å². The van der Waals surface area contributed by atoms with Crippen LogP contribution >= 0.6 is 0 Å². The van der Waals surface area contributed by atoms with Gasteiger partial charge in [0.2, 0.25) is 0 Å². The van der Waals surface area contributed by atoms with Gasteiger partial charge in [-0.2, -0.15) is 0 Å². The van der Waals surface area contributed by atoms with E-state index >= 15 is 0 Å². The number of amides is 1. The second-order valence-electron chi connectivity index (χ2n) is 6.70. The minimum absolute atomic E-state index is 0.0342. The molecule has 0 saturated carbocycles. The SMILES string of the molecule is CCN1CCN(c2cc(C(=O)N(CC)CC)nc(-c3ccccc3)n2)CC1. The van der Waals surface area contributed by atoms with Crippen molar-refractivity contribution in [1.29, 1.82) is 0 Å². The molecule has 1 saturated heterocycles. The van der Waals surface area contributed by atoms with Crippen molar-refractivity contribution in [1.82, 2.24) is 19.8 Å². The highest BCUT2D eigenvalue weighted by atomic mass is 16.2. The smallest absolute Gasteiger partial charge is 0.272 e. The first-order valence-corrected chi connectivity index (χ1v) is 9.87. The van der Waals surface area contributed by atoms with E-state index in [1.165, 1.54) is 0 Å². The van der Waals surface area contributed by atoms with Gasteiger partial charge in [0, 0.05) is 50.9 Å². The lowest BCUT2D eigenvalue weighted by Gasteiger charge is -2.35.